The summed E-state index contributed by atoms with van der Waals surface area (Å²) in [7, 11) is 1.76. The topological polar surface area (TPSA) is 49.4 Å². The van der Waals surface area contributed by atoms with Crippen LogP contribution in [0.25, 0.3) is 0 Å². The quantitative estimate of drug-likeness (QED) is 0.697. The monoisotopic (exact) mass is 198 g/mol. The molecule has 14 heavy (non-hydrogen) atoms. The average Bonchev–Trinajstić information content (AvgIpc) is 2.02. The molecular weight excluding hydrogens is 180 g/mol. The molecule has 0 aromatic rings. The fourth-order valence-electron chi connectivity index (χ4n) is 1.11. The zero-order valence-electron chi connectivity index (χ0n) is 9.04. The number of hydrogen-bond donors (Lipinski definition) is 1. The second-order valence-electron chi connectivity index (χ2n) is 3.49. The van der Waals surface area contributed by atoms with E-state index in [1.807, 2.05) is 6.92 Å². The Balaban J connectivity index is 3.53. The molecule has 0 aliphatic rings. The number of hydrogen-bond acceptors (Lipinski definition) is 2. The van der Waals surface area contributed by atoms with Crippen LogP contribution < -0.4 is 5.32 Å². The number of carbonyl (C=O) groups excluding carboxylic acids is 2. The zero-order chi connectivity index (χ0) is 11.1. The van der Waals surface area contributed by atoms with E-state index in [1.165, 1.54) is 6.92 Å². The molecular formula is C10H18N2O2. The lowest BCUT2D eigenvalue weighted by Gasteiger charge is -2.16. The van der Waals surface area contributed by atoms with E-state index in [9.17, 15) is 9.59 Å². The van der Waals surface area contributed by atoms with Gasteiger partial charge in [0.2, 0.25) is 11.8 Å². The summed E-state index contributed by atoms with van der Waals surface area (Å²) in [5.41, 5.74) is 0. The van der Waals surface area contributed by atoms with Crippen LogP contribution in [0.4, 0.5) is 0 Å². The van der Waals surface area contributed by atoms with Crippen molar-refractivity contribution in [1.29, 1.82) is 0 Å². The van der Waals surface area contributed by atoms with Crippen LogP contribution in [0.2, 0.25) is 0 Å². The van der Waals surface area contributed by atoms with Crippen molar-refractivity contribution < 1.29 is 9.59 Å². The smallest absolute Gasteiger partial charge is 0.224 e. The first-order valence-corrected chi connectivity index (χ1v) is 4.71. The van der Waals surface area contributed by atoms with Gasteiger partial charge in [0.05, 0.1) is 6.92 Å². The summed E-state index contributed by atoms with van der Waals surface area (Å²) in [5.74, 6) is -0.446. The minimum atomic E-state index is -0.502. The third-order valence-corrected chi connectivity index (χ3v) is 2.06. The summed E-state index contributed by atoms with van der Waals surface area (Å²) >= 11 is 0. The van der Waals surface area contributed by atoms with E-state index in [1.54, 1.807) is 11.9 Å². The van der Waals surface area contributed by atoms with Crippen LogP contribution in [-0.4, -0.2) is 36.3 Å². The van der Waals surface area contributed by atoms with Gasteiger partial charge in [0.15, 0.2) is 0 Å². The molecule has 2 radical (unpaired) electrons. The lowest BCUT2D eigenvalue weighted by molar-refractivity contribution is -0.127. The molecule has 1 N–H and O–H groups in total. The summed E-state index contributed by atoms with van der Waals surface area (Å²) in [4.78, 5) is 22.9. The second kappa shape index (κ2) is 6.40. The Kier molecular flexibility index (Phi) is 5.92. The van der Waals surface area contributed by atoms with Gasteiger partial charge < -0.3 is 10.2 Å². The van der Waals surface area contributed by atoms with Crippen LogP contribution in [0.1, 0.15) is 26.7 Å². The molecule has 0 saturated carbocycles. The van der Waals surface area contributed by atoms with Crippen LogP contribution in [-0.2, 0) is 9.59 Å². The first-order chi connectivity index (χ1) is 6.43. The average molecular weight is 198 g/mol. The third-order valence-electron chi connectivity index (χ3n) is 2.06. The van der Waals surface area contributed by atoms with Crippen LogP contribution in [0.15, 0.2) is 0 Å². The summed E-state index contributed by atoms with van der Waals surface area (Å²) in [6, 6.07) is 0.0628. The van der Waals surface area contributed by atoms with Gasteiger partial charge in [-0.15, -0.1) is 0 Å². The number of carbonyl (C=O) groups is 2. The van der Waals surface area contributed by atoms with Gasteiger partial charge in [-0.2, -0.15) is 0 Å². The Morgan fingerprint density at radius 1 is 1.50 bits per heavy atom. The first-order valence-electron chi connectivity index (χ1n) is 4.71. The molecule has 1 atom stereocenters. The number of amides is 2. The SMILES string of the molecule is [CH]C(=O)NC(C)CCCN(C)C(C)=O. The normalized spacial score (nSPS) is 12.0. The molecule has 2 amide bonds. The van der Waals surface area contributed by atoms with Gasteiger partial charge in [-0.25, -0.2) is 0 Å². The van der Waals surface area contributed by atoms with Gasteiger partial charge in [0.1, 0.15) is 0 Å². The highest BCUT2D eigenvalue weighted by molar-refractivity contribution is 5.80. The number of rotatable bonds is 5. The Morgan fingerprint density at radius 3 is 2.50 bits per heavy atom. The highest BCUT2D eigenvalue weighted by Crippen LogP contribution is 1.98. The van der Waals surface area contributed by atoms with Crippen LogP contribution in [0, 0.1) is 6.92 Å². The van der Waals surface area contributed by atoms with E-state index in [2.05, 4.69) is 5.32 Å². The van der Waals surface area contributed by atoms with E-state index in [4.69, 9.17) is 6.92 Å². The lowest BCUT2D eigenvalue weighted by atomic mass is 10.2. The molecule has 0 aromatic heterocycles. The summed E-state index contributed by atoms with van der Waals surface area (Å²) in [5, 5.41) is 2.58. The fraction of sp³-hybridized carbons (Fsp3) is 0.700. The molecule has 0 aliphatic carbocycles. The van der Waals surface area contributed by atoms with Crippen LogP contribution >= 0.6 is 0 Å². The predicted molar refractivity (Wildman–Crippen MR) is 54.4 cm³/mol. The summed E-state index contributed by atoms with van der Waals surface area (Å²) in [6.07, 6.45) is 1.68. The lowest BCUT2D eigenvalue weighted by Crippen LogP contribution is -2.32. The van der Waals surface area contributed by atoms with E-state index in [-0.39, 0.29) is 11.9 Å². The van der Waals surface area contributed by atoms with Gasteiger partial charge in [-0.1, -0.05) is 0 Å². The van der Waals surface area contributed by atoms with E-state index >= 15 is 0 Å². The molecule has 0 aliphatic heterocycles. The van der Waals surface area contributed by atoms with Crippen molar-refractivity contribution in [3.8, 4) is 0 Å². The number of nitrogens with one attached hydrogen (secondary N) is 1. The molecule has 0 fully saturated rings. The highest BCUT2D eigenvalue weighted by Gasteiger charge is 2.05. The Labute approximate surface area is 85.7 Å². The minimum Gasteiger partial charge on any atom is -0.353 e. The molecule has 80 valence electrons. The van der Waals surface area contributed by atoms with E-state index in [0.717, 1.165) is 12.8 Å². The molecule has 0 bridgehead atoms. The van der Waals surface area contributed by atoms with Crippen molar-refractivity contribution in [1.82, 2.24) is 10.2 Å². The van der Waals surface area contributed by atoms with Crippen molar-refractivity contribution in [2.24, 2.45) is 0 Å². The van der Waals surface area contributed by atoms with Crippen molar-refractivity contribution in [2.75, 3.05) is 13.6 Å². The minimum absolute atomic E-state index is 0.0560. The molecule has 4 heteroatoms. The summed E-state index contributed by atoms with van der Waals surface area (Å²) < 4.78 is 0. The van der Waals surface area contributed by atoms with Crippen LogP contribution in [0.3, 0.4) is 0 Å². The Bertz CT molecular complexity index is 204. The van der Waals surface area contributed by atoms with Gasteiger partial charge in [0.25, 0.3) is 0 Å². The van der Waals surface area contributed by atoms with Gasteiger partial charge in [-0.05, 0) is 19.8 Å². The van der Waals surface area contributed by atoms with Gasteiger partial charge >= 0.3 is 0 Å². The molecule has 0 heterocycles. The van der Waals surface area contributed by atoms with E-state index in [0.29, 0.717) is 6.54 Å². The molecule has 0 rings (SSSR count). The molecule has 0 aromatic carbocycles. The maximum absolute atomic E-state index is 10.8. The van der Waals surface area contributed by atoms with Crippen LogP contribution in [0.5, 0.6) is 0 Å². The zero-order valence-corrected chi connectivity index (χ0v) is 9.04. The maximum atomic E-state index is 10.8. The number of nitrogens with zero attached hydrogens (tertiary/aromatic N) is 1. The molecule has 0 spiro atoms. The van der Waals surface area contributed by atoms with Crippen molar-refractivity contribution in [3.05, 3.63) is 6.92 Å². The van der Waals surface area contributed by atoms with Crippen molar-refractivity contribution in [2.45, 2.75) is 32.7 Å². The molecule has 1 unspecified atom stereocenters. The van der Waals surface area contributed by atoms with Gasteiger partial charge in [0, 0.05) is 26.6 Å². The highest BCUT2D eigenvalue weighted by atomic mass is 16.2. The van der Waals surface area contributed by atoms with E-state index < -0.39 is 5.91 Å². The van der Waals surface area contributed by atoms with Crippen molar-refractivity contribution in [3.63, 3.8) is 0 Å². The Hall–Kier alpha value is -1.06. The van der Waals surface area contributed by atoms with Crippen molar-refractivity contribution >= 4 is 11.8 Å². The maximum Gasteiger partial charge on any atom is 0.224 e. The largest absolute Gasteiger partial charge is 0.353 e. The van der Waals surface area contributed by atoms with Gasteiger partial charge in [-0.3, -0.25) is 9.59 Å². The first kappa shape index (κ1) is 12.9. The predicted octanol–water partition coefficient (Wildman–Crippen LogP) is 0.461. The standard InChI is InChI=1S/C10H18N2O2/c1-8(11-9(2)13)6-5-7-12(4)10(3)14/h2,8H,5-7H2,1,3-4H3,(H,11,13). The molecule has 0 saturated heterocycles. The second-order valence-corrected chi connectivity index (χ2v) is 3.49. The fourth-order valence-corrected chi connectivity index (χ4v) is 1.11. The third kappa shape index (κ3) is 6.46. The Morgan fingerprint density at radius 2 is 2.07 bits per heavy atom. The molecule has 4 nitrogen and oxygen atoms in total. The summed E-state index contributed by atoms with van der Waals surface area (Å²) in [6.45, 7) is 9.09.